The molecule has 0 aliphatic rings. The van der Waals surface area contributed by atoms with Gasteiger partial charge in [0.05, 0.1) is 23.8 Å². The second-order valence-electron chi connectivity index (χ2n) is 4.59. The van der Waals surface area contributed by atoms with Crippen LogP contribution < -0.4 is 10.6 Å². The summed E-state index contributed by atoms with van der Waals surface area (Å²) in [7, 11) is 1.85. The predicted octanol–water partition coefficient (Wildman–Crippen LogP) is 3.74. The van der Waals surface area contributed by atoms with E-state index in [4.69, 9.17) is 0 Å². The van der Waals surface area contributed by atoms with E-state index in [9.17, 15) is 4.39 Å². The molecular weight excluding hydrogens is 241 g/mol. The van der Waals surface area contributed by atoms with Gasteiger partial charge < -0.3 is 10.6 Å². The molecule has 2 rings (SSSR count). The maximum Gasteiger partial charge on any atom is 0.126 e. The highest BCUT2D eigenvalue weighted by Gasteiger charge is 2.08. The summed E-state index contributed by atoms with van der Waals surface area (Å²) in [5.74, 6) is -0.173. The fourth-order valence-electron chi connectivity index (χ4n) is 1.87. The Labute approximate surface area is 112 Å². The van der Waals surface area contributed by atoms with Crippen LogP contribution in [0.4, 0.5) is 15.8 Å². The van der Waals surface area contributed by atoms with Crippen molar-refractivity contribution in [2.45, 2.75) is 19.9 Å². The van der Waals surface area contributed by atoms with Crippen molar-refractivity contribution < 1.29 is 4.39 Å². The van der Waals surface area contributed by atoms with E-state index in [0.29, 0.717) is 5.56 Å². The highest BCUT2D eigenvalue weighted by atomic mass is 19.1. The lowest BCUT2D eigenvalue weighted by Crippen LogP contribution is -2.07. The summed E-state index contributed by atoms with van der Waals surface area (Å²) >= 11 is 0. The average molecular weight is 259 g/mol. The van der Waals surface area contributed by atoms with Gasteiger partial charge in [-0.25, -0.2) is 4.39 Å². The zero-order valence-corrected chi connectivity index (χ0v) is 11.4. The third-order valence-corrected chi connectivity index (χ3v) is 3.11. The molecule has 0 aliphatic carbocycles. The van der Waals surface area contributed by atoms with Crippen molar-refractivity contribution in [3.8, 4) is 0 Å². The summed E-state index contributed by atoms with van der Waals surface area (Å²) in [6, 6.07) is 7.29. The number of nitrogens with one attached hydrogen (secondary N) is 2. The normalized spacial score (nSPS) is 12.0. The van der Waals surface area contributed by atoms with Crippen LogP contribution in [0.25, 0.3) is 0 Å². The zero-order valence-electron chi connectivity index (χ0n) is 11.4. The van der Waals surface area contributed by atoms with Gasteiger partial charge in [-0.1, -0.05) is 12.1 Å². The van der Waals surface area contributed by atoms with Crippen LogP contribution in [-0.4, -0.2) is 12.0 Å². The predicted molar refractivity (Wildman–Crippen MR) is 77.0 cm³/mol. The van der Waals surface area contributed by atoms with Gasteiger partial charge in [0.2, 0.25) is 0 Å². The van der Waals surface area contributed by atoms with Crippen LogP contribution in [0.5, 0.6) is 0 Å². The van der Waals surface area contributed by atoms with Crippen LogP contribution in [-0.2, 0) is 0 Å². The first-order valence-electron chi connectivity index (χ1n) is 6.25. The SMILES string of the molecule is CNc1cncc(NC(C)c2ccc(C)c(F)c2)c1. The highest BCUT2D eigenvalue weighted by molar-refractivity contribution is 5.54. The van der Waals surface area contributed by atoms with E-state index in [2.05, 4.69) is 15.6 Å². The minimum Gasteiger partial charge on any atom is -0.387 e. The molecule has 100 valence electrons. The van der Waals surface area contributed by atoms with E-state index in [1.165, 1.54) is 0 Å². The number of hydrogen-bond donors (Lipinski definition) is 2. The zero-order chi connectivity index (χ0) is 13.8. The maximum absolute atomic E-state index is 13.5. The molecule has 0 saturated heterocycles. The number of pyridine rings is 1. The topological polar surface area (TPSA) is 37.0 Å². The minimum absolute atomic E-state index is 0.0176. The van der Waals surface area contributed by atoms with Gasteiger partial charge in [-0.2, -0.15) is 0 Å². The Kier molecular flexibility index (Phi) is 4.00. The van der Waals surface area contributed by atoms with Crippen LogP contribution in [0.15, 0.2) is 36.7 Å². The lowest BCUT2D eigenvalue weighted by Gasteiger charge is -2.16. The Balaban J connectivity index is 2.15. The van der Waals surface area contributed by atoms with Gasteiger partial charge in [-0.3, -0.25) is 4.98 Å². The monoisotopic (exact) mass is 259 g/mol. The molecule has 4 heteroatoms. The molecule has 2 aromatic rings. The second-order valence-corrected chi connectivity index (χ2v) is 4.59. The first-order chi connectivity index (χ1) is 9.10. The van der Waals surface area contributed by atoms with E-state index < -0.39 is 0 Å². The molecule has 0 amide bonds. The number of aryl methyl sites for hydroxylation is 1. The standard InChI is InChI=1S/C15H18FN3/c1-10-4-5-12(6-15(10)16)11(2)19-14-7-13(17-3)8-18-9-14/h4-9,11,17,19H,1-3H3. The molecular formula is C15H18FN3. The Bertz CT molecular complexity index is 569. The van der Waals surface area contributed by atoms with Crippen LogP contribution in [0.1, 0.15) is 24.1 Å². The number of rotatable bonds is 4. The van der Waals surface area contributed by atoms with E-state index in [1.54, 1.807) is 31.5 Å². The van der Waals surface area contributed by atoms with Crippen LogP contribution in [0.3, 0.4) is 0 Å². The smallest absolute Gasteiger partial charge is 0.126 e. The Hall–Kier alpha value is -2.10. The summed E-state index contributed by atoms with van der Waals surface area (Å²) in [6.07, 6.45) is 3.50. The van der Waals surface area contributed by atoms with Crippen LogP contribution in [0.2, 0.25) is 0 Å². The molecule has 0 saturated carbocycles. The Morgan fingerprint density at radius 2 is 1.89 bits per heavy atom. The van der Waals surface area contributed by atoms with Gasteiger partial charge in [-0.05, 0) is 37.1 Å². The maximum atomic E-state index is 13.5. The average Bonchev–Trinajstić information content (AvgIpc) is 2.42. The molecule has 0 spiro atoms. The molecule has 19 heavy (non-hydrogen) atoms. The molecule has 1 atom stereocenters. The summed E-state index contributed by atoms with van der Waals surface area (Å²) in [5, 5.41) is 6.34. The van der Waals surface area contributed by atoms with E-state index in [0.717, 1.165) is 16.9 Å². The quantitative estimate of drug-likeness (QED) is 0.878. The Morgan fingerprint density at radius 1 is 1.16 bits per heavy atom. The van der Waals surface area contributed by atoms with Crippen molar-refractivity contribution in [3.05, 3.63) is 53.6 Å². The molecule has 2 N–H and O–H groups in total. The molecule has 1 heterocycles. The lowest BCUT2D eigenvalue weighted by atomic mass is 10.1. The van der Waals surface area contributed by atoms with Gasteiger partial charge in [-0.15, -0.1) is 0 Å². The van der Waals surface area contributed by atoms with Crippen molar-refractivity contribution >= 4 is 11.4 Å². The van der Waals surface area contributed by atoms with Gasteiger partial charge >= 0.3 is 0 Å². The third-order valence-electron chi connectivity index (χ3n) is 3.11. The van der Waals surface area contributed by atoms with Gasteiger partial charge in [0.25, 0.3) is 0 Å². The third kappa shape index (κ3) is 3.22. The number of anilines is 2. The summed E-state index contributed by atoms with van der Waals surface area (Å²) < 4.78 is 13.5. The van der Waals surface area contributed by atoms with Gasteiger partial charge in [0.1, 0.15) is 5.82 Å². The molecule has 0 fully saturated rings. The van der Waals surface area contributed by atoms with Crippen molar-refractivity contribution in [2.24, 2.45) is 0 Å². The molecule has 1 unspecified atom stereocenters. The van der Waals surface area contributed by atoms with Gasteiger partial charge in [0, 0.05) is 13.1 Å². The van der Waals surface area contributed by atoms with Crippen molar-refractivity contribution in [1.82, 2.24) is 4.98 Å². The van der Waals surface area contributed by atoms with Crippen LogP contribution >= 0.6 is 0 Å². The number of halogens is 1. The second kappa shape index (κ2) is 5.69. The number of hydrogen-bond acceptors (Lipinski definition) is 3. The molecule has 0 radical (unpaired) electrons. The molecule has 0 bridgehead atoms. The first-order valence-corrected chi connectivity index (χ1v) is 6.25. The fourth-order valence-corrected chi connectivity index (χ4v) is 1.87. The number of aromatic nitrogens is 1. The lowest BCUT2D eigenvalue weighted by molar-refractivity contribution is 0.614. The molecule has 3 nitrogen and oxygen atoms in total. The Morgan fingerprint density at radius 3 is 2.58 bits per heavy atom. The van der Waals surface area contributed by atoms with Crippen molar-refractivity contribution in [1.29, 1.82) is 0 Å². The van der Waals surface area contributed by atoms with Crippen LogP contribution in [0, 0.1) is 12.7 Å². The van der Waals surface area contributed by atoms with Gasteiger partial charge in [0.15, 0.2) is 0 Å². The van der Waals surface area contributed by atoms with Crippen molar-refractivity contribution in [3.63, 3.8) is 0 Å². The van der Waals surface area contributed by atoms with E-state index in [1.807, 2.05) is 26.1 Å². The van der Waals surface area contributed by atoms with E-state index >= 15 is 0 Å². The number of nitrogens with zero attached hydrogens (tertiary/aromatic N) is 1. The highest BCUT2D eigenvalue weighted by Crippen LogP contribution is 2.22. The minimum atomic E-state index is -0.173. The first kappa shape index (κ1) is 13.3. The fraction of sp³-hybridized carbons (Fsp3) is 0.267. The molecule has 1 aromatic carbocycles. The van der Waals surface area contributed by atoms with Crippen molar-refractivity contribution in [2.75, 3.05) is 17.7 Å². The largest absolute Gasteiger partial charge is 0.387 e. The summed E-state index contributed by atoms with van der Waals surface area (Å²) in [6.45, 7) is 3.76. The van der Waals surface area contributed by atoms with E-state index in [-0.39, 0.29) is 11.9 Å². The summed E-state index contributed by atoms with van der Waals surface area (Å²) in [4.78, 5) is 4.13. The molecule has 0 aliphatic heterocycles. The molecule has 1 aromatic heterocycles. The summed E-state index contributed by atoms with van der Waals surface area (Å²) in [5.41, 5.74) is 3.42. The number of benzene rings is 1.